The third-order valence-corrected chi connectivity index (χ3v) is 3.30. The normalized spacial score (nSPS) is 24.6. The number of nitrogens with one attached hydrogen (secondary N) is 2. The van der Waals surface area contributed by atoms with Crippen molar-refractivity contribution in [1.82, 2.24) is 20.4 Å². The van der Waals surface area contributed by atoms with Gasteiger partial charge in [0.15, 0.2) is 0 Å². The largest absolute Gasteiger partial charge is 0.352 e. The van der Waals surface area contributed by atoms with E-state index in [4.69, 9.17) is 0 Å². The van der Waals surface area contributed by atoms with Crippen LogP contribution in [0, 0.1) is 5.92 Å². The van der Waals surface area contributed by atoms with Crippen molar-refractivity contribution in [3.8, 4) is 0 Å². The lowest BCUT2D eigenvalue weighted by molar-refractivity contribution is -0.121. The van der Waals surface area contributed by atoms with E-state index in [1.54, 1.807) is 10.9 Å². The van der Waals surface area contributed by atoms with Gasteiger partial charge in [0.05, 0.1) is 12.6 Å². The van der Waals surface area contributed by atoms with E-state index in [0.29, 0.717) is 12.3 Å². The maximum atomic E-state index is 11.9. The molecule has 0 radical (unpaired) electrons. The summed E-state index contributed by atoms with van der Waals surface area (Å²) in [7, 11) is 1.86. The minimum atomic E-state index is 0.0820. The summed E-state index contributed by atoms with van der Waals surface area (Å²) < 4.78 is 1.72. The smallest absolute Gasteiger partial charge is 0.224 e. The van der Waals surface area contributed by atoms with Crippen molar-refractivity contribution >= 4 is 5.91 Å². The number of aryl methyl sites for hydroxylation is 1. The number of carbonyl (C=O) groups is 1. The molecule has 1 saturated heterocycles. The van der Waals surface area contributed by atoms with Crippen molar-refractivity contribution in [3.05, 3.63) is 18.0 Å². The van der Waals surface area contributed by atoms with E-state index in [0.717, 1.165) is 25.1 Å². The van der Waals surface area contributed by atoms with Gasteiger partial charge in [-0.25, -0.2) is 0 Å². The van der Waals surface area contributed by atoms with E-state index in [-0.39, 0.29) is 11.9 Å². The molecule has 1 aromatic heterocycles. The Morgan fingerprint density at radius 2 is 2.53 bits per heavy atom. The molecule has 2 heterocycles. The first-order chi connectivity index (χ1) is 8.15. The molecule has 1 fully saturated rings. The molecule has 2 atom stereocenters. The molecule has 0 aromatic carbocycles. The fraction of sp³-hybridized carbons (Fsp3) is 0.667. The summed E-state index contributed by atoms with van der Waals surface area (Å²) in [6.45, 7) is 4.12. The summed E-state index contributed by atoms with van der Waals surface area (Å²) >= 11 is 0. The third-order valence-electron chi connectivity index (χ3n) is 3.30. The standard InChI is InChI=1S/C12H20N4O/c1-9-3-4-13-7-11(9)15-12(17)5-10-6-14-16(2)8-10/h6,8-9,11,13H,3-5,7H2,1-2H3,(H,15,17). The molecule has 2 N–H and O–H groups in total. The molecule has 0 spiro atoms. The number of piperidine rings is 1. The zero-order valence-electron chi connectivity index (χ0n) is 10.4. The first kappa shape index (κ1) is 12.1. The molecule has 2 unspecified atom stereocenters. The van der Waals surface area contributed by atoms with Crippen LogP contribution in [0.5, 0.6) is 0 Å². The summed E-state index contributed by atoms with van der Waals surface area (Å²) in [6.07, 6.45) is 5.15. The Morgan fingerprint density at radius 1 is 1.71 bits per heavy atom. The second-order valence-corrected chi connectivity index (χ2v) is 4.84. The van der Waals surface area contributed by atoms with Crippen LogP contribution in [0.4, 0.5) is 0 Å². The maximum absolute atomic E-state index is 11.9. The average molecular weight is 236 g/mol. The molecule has 94 valence electrons. The highest BCUT2D eigenvalue weighted by atomic mass is 16.1. The number of hydrogen-bond acceptors (Lipinski definition) is 3. The molecule has 0 bridgehead atoms. The lowest BCUT2D eigenvalue weighted by Crippen LogP contribution is -2.50. The number of rotatable bonds is 3. The minimum absolute atomic E-state index is 0.0820. The van der Waals surface area contributed by atoms with Crippen LogP contribution >= 0.6 is 0 Å². The van der Waals surface area contributed by atoms with Gasteiger partial charge in [0.1, 0.15) is 0 Å². The van der Waals surface area contributed by atoms with E-state index >= 15 is 0 Å². The number of carbonyl (C=O) groups excluding carboxylic acids is 1. The second-order valence-electron chi connectivity index (χ2n) is 4.84. The Balaban J connectivity index is 1.84. The molecular weight excluding hydrogens is 216 g/mol. The summed E-state index contributed by atoms with van der Waals surface area (Å²) in [5.41, 5.74) is 0.960. The van der Waals surface area contributed by atoms with Crippen LogP contribution in [0.2, 0.25) is 0 Å². The van der Waals surface area contributed by atoms with Crippen molar-refractivity contribution in [1.29, 1.82) is 0 Å². The molecule has 2 rings (SSSR count). The Labute approximate surface area is 102 Å². The minimum Gasteiger partial charge on any atom is -0.352 e. The number of amides is 1. The van der Waals surface area contributed by atoms with Gasteiger partial charge in [-0.2, -0.15) is 5.10 Å². The van der Waals surface area contributed by atoms with Gasteiger partial charge in [-0.1, -0.05) is 6.92 Å². The number of hydrogen-bond donors (Lipinski definition) is 2. The van der Waals surface area contributed by atoms with E-state index < -0.39 is 0 Å². The lowest BCUT2D eigenvalue weighted by Gasteiger charge is -2.30. The quantitative estimate of drug-likeness (QED) is 0.781. The zero-order valence-corrected chi connectivity index (χ0v) is 10.4. The van der Waals surface area contributed by atoms with Crippen molar-refractivity contribution < 1.29 is 4.79 Å². The first-order valence-corrected chi connectivity index (χ1v) is 6.13. The van der Waals surface area contributed by atoms with Gasteiger partial charge in [-0.3, -0.25) is 9.48 Å². The van der Waals surface area contributed by atoms with Crippen LogP contribution in [-0.4, -0.2) is 34.8 Å². The summed E-state index contributed by atoms with van der Waals surface area (Å²) in [5.74, 6) is 0.632. The highest BCUT2D eigenvalue weighted by Crippen LogP contribution is 2.11. The lowest BCUT2D eigenvalue weighted by atomic mass is 9.94. The van der Waals surface area contributed by atoms with Crippen molar-refractivity contribution in [2.75, 3.05) is 13.1 Å². The van der Waals surface area contributed by atoms with E-state index in [2.05, 4.69) is 22.7 Å². The number of nitrogens with zero attached hydrogens (tertiary/aromatic N) is 2. The molecule has 17 heavy (non-hydrogen) atoms. The van der Waals surface area contributed by atoms with Crippen LogP contribution in [0.15, 0.2) is 12.4 Å². The molecule has 1 aliphatic rings. The Bertz CT molecular complexity index is 388. The molecule has 1 aromatic rings. The van der Waals surface area contributed by atoms with Crippen LogP contribution in [0.3, 0.4) is 0 Å². The Kier molecular flexibility index (Phi) is 3.78. The van der Waals surface area contributed by atoms with Gasteiger partial charge in [-0.15, -0.1) is 0 Å². The zero-order chi connectivity index (χ0) is 12.3. The van der Waals surface area contributed by atoms with Gasteiger partial charge < -0.3 is 10.6 Å². The predicted molar refractivity (Wildman–Crippen MR) is 65.5 cm³/mol. The summed E-state index contributed by atoms with van der Waals surface area (Å²) in [6, 6.07) is 0.257. The summed E-state index contributed by atoms with van der Waals surface area (Å²) in [4.78, 5) is 11.9. The summed E-state index contributed by atoms with van der Waals surface area (Å²) in [5, 5.41) is 10.5. The Hall–Kier alpha value is -1.36. The highest BCUT2D eigenvalue weighted by molar-refractivity contribution is 5.78. The first-order valence-electron chi connectivity index (χ1n) is 6.13. The van der Waals surface area contributed by atoms with Crippen molar-refractivity contribution in [2.45, 2.75) is 25.8 Å². The van der Waals surface area contributed by atoms with Gasteiger partial charge in [0, 0.05) is 25.8 Å². The van der Waals surface area contributed by atoms with Crippen LogP contribution < -0.4 is 10.6 Å². The van der Waals surface area contributed by atoms with E-state index in [1.807, 2.05) is 13.2 Å². The average Bonchev–Trinajstić information content (AvgIpc) is 2.67. The van der Waals surface area contributed by atoms with Gasteiger partial charge >= 0.3 is 0 Å². The molecular formula is C12H20N4O. The Morgan fingerprint density at radius 3 is 3.18 bits per heavy atom. The van der Waals surface area contributed by atoms with Gasteiger partial charge in [0.25, 0.3) is 0 Å². The predicted octanol–water partition coefficient (Wildman–Crippen LogP) is 0.0768. The maximum Gasteiger partial charge on any atom is 0.224 e. The fourth-order valence-corrected chi connectivity index (χ4v) is 2.19. The van der Waals surface area contributed by atoms with Gasteiger partial charge in [-0.05, 0) is 24.4 Å². The van der Waals surface area contributed by atoms with E-state index in [1.165, 1.54) is 0 Å². The molecule has 1 amide bonds. The van der Waals surface area contributed by atoms with Crippen LogP contribution in [0.1, 0.15) is 18.9 Å². The molecule has 5 nitrogen and oxygen atoms in total. The van der Waals surface area contributed by atoms with Gasteiger partial charge in [0.2, 0.25) is 5.91 Å². The molecule has 0 aliphatic carbocycles. The monoisotopic (exact) mass is 236 g/mol. The van der Waals surface area contributed by atoms with Crippen molar-refractivity contribution in [3.63, 3.8) is 0 Å². The van der Waals surface area contributed by atoms with E-state index in [9.17, 15) is 4.79 Å². The van der Waals surface area contributed by atoms with Crippen LogP contribution in [0.25, 0.3) is 0 Å². The fourth-order valence-electron chi connectivity index (χ4n) is 2.19. The highest BCUT2D eigenvalue weighted by Gasteiger charge is 2.22. The van der Waals surface area contributed by atoms with Crippen LogP contribution in [-0.2, 0) is 18.3 Å². The van der Waals surface area contributed by atoms with Crippen molar-refractivity contribution in [2.24, 2.45) is 13.0 Å². The second kappa shape index (κ2) is 5.31. The SMILES string of the molecule is CC1CCNCC1NC(=O)Cc1cnn(C)c1. The molecule has 0 saturated carbocycles. The topological polar surface area (TPSA) is 58.9 Å². The molecule has 1 aliphatic heterocycles. The number of aromatic nitrogens is 2. The third kappa shape index (κ3) is 3.30. The molecule has 5 heteroatoms.